The van der Waals surface area contributed by atoms with E-state index in [9.17, 15) is 14.4 Å². The summed E-state index contributed by atoms with van der Waals surface area (Å²) >= 11 is 0. The number of pyridine rings is 1. The summed E-state index contributed by atoms with van der Waals surface area (Å²) in [6.45, 7) is -0.334. The highest BCUT2D eigenvalue weighted by Gasteiger charge is 2.14. The summed E-state index contributed by atoms with van der Waals surface area (Å²) in [5.41, 5.74) is -0.755. The number of aryl methyl sites for hydroxylation is 1. The van der Waals surface area contributed by atoms with Gasteiger partial charge in [-0.1, -0.05) is 0 Å². The molecular weight excluding hydrogens is 238 g/mol. The van der Waals surface area contributed by atoms with Crippen molar-refractivity contribution in [3.8, 4) is 0 Å². The van der Waals surface area contributed by atoms with Gasteiger partial charge in [-0.25, -0.2) is 4.98 Å². The van der Waals surface area contributed by atoms with Gasteiger partial charge in [-0.2, -0.15) is 0 Å². The smallest absolute Gasteiger partial charge is 0.325 e. The molecule has 0 aliphatic heterocycles. The van der Waals surface area contributed by atoms with Crippen LogP contribution in [-0.4, -0.2) is 27.2 Å². The first kappa shape index (κ1) is 12.0. The van der Waals surface area contributed by atoms with E-state index in [0.717, 1.165) is 4.57 Å². The first-order valence-electron chi connectivity index (χ1n) is 5.17. The van der Waals surface area contributed by atoms with E-state index in [0.29, 0.717) is 5.52 Å². The number of esters is 1. The van der Waals surface area contributed by atoms with E-state index >= 15 is 0 Å². The number of nitrogens with zero attached hydrogens (tertiary/aromatic N) is 3. The van der Waals surface area contributed by atoms with Crippen molar-refractivity contribution in [2.45, 2.75) is 6.54 Å². The van der Waals surface area contributed by atoms with Crippen molar-refractivity contribution in [2.24, 2.45) is 7.05 Å². The van der Waals surface area contributed by atoms with Crippen LogP contribution >= 0.6 is 0 Å². The molecular formula is C11H11N3O4. The van der Waals surface area contributed by atoms with Gasteiger partial charge in [-0.15, -0.1) is 0 Å². The fraction of sp³-hybridized carbons (Fsp3) is 0.273. The Morgan fingerprint density at radius 3 is 2.78 bits per heavy atom. The summed E-state index contributed by atoms with van der Waals surface area (Å²) in [6.07, 6.45) is 1.49. The third-order valence-electron chi connectivity index (χ3n) is 2.63. The third kappa shape index (κ3) is 1.79. The number of ether oxygens (including phenoxy) is 1. The zero-order valence-electron chi connectivity index (χ0n) is 9.91. The summed E-state index contributed by atoms with van der Waals surface area (Å²) in [5.74, 6) is -0.614. The molecule has 7 heteroatoms. The van der Waals surface area contributed by atoms with Crippen LogP contribution in [0.4, 0.5) is 0 Å². The Hall–Kier alpha value is -2.44. The summed E-state index contributed by atoms with van der Waals surface area (Å²) in [5, 5.41) is 0. The maximum Gasteiger partial charge on any atom is 0.325 e. The van der Waals surface area contributed by atoms with Crippen LogP contribution in [0.3, 0.4) is 0 Å². The Labute approximate surface area is 101 Å². The molecule has 0 N–H and O–H groups in total. The second-order valence-corrected chi connectivity index (χ2v) is 3.68. The van der Waals surface area contributed by atoms with E-state index in [1.54, 1.807) is 12.1 Å². The number of rotatable bonds is 2. The topological polar surface area (TPSA) is 83.2 Å². The predicted molar refractivity (Wildman–Crippen MR) is 63.3 cm³/mol. The van der Waals surface area contributed by atoms with Gasteiger partial charge in [0.25, 0.3) is 0 Å². The molecule has 0 aromatic carbocycles. The fourth-order valence-corrected chi connectivity index (χ4v) is 1.66. The van der Waals surface area contributed by atoms with Crippen LogP contribution in [0.2, 0.25) is 0 Å². The lowest BCUT2D eigenvalue weighted by Gasteiger charge is -2.09. The van der Waals surface area contributed by atoms with Crippen molar-refractivity contribution in [1.29, 1.82) is 0 Å². The average Bonchev–Trinajstić information content (AvgIpc) is 2.40. The Bertz CT molecular complexity index is 729. The van der Waals surface area contributed by atoms with Gasteiger partial charge in [0, 0.05) is 13.2 Å². The second kappa shape index (κ2) is 4.44. The minimum atomic E-state index is -0.797. The highest BCUT2D eigenvalue weighted by molar-refractivity contribution is 5.74. The Balaban J connectivity index is 2.83. The first-order valence-corrected chi connectivity index (χ1v) is 5.17. The van der Waals surface area contributed by atoms with Crippen LogP contribution in [-0.2, 0) is 23.1 Å². The third-order valence-corrected chi connectivity index (χ3v) is 2.63. The molecule has 7 nitrogen and oxygen atoms in total. The van der Waals surface area contributed by atoms with Gasteiger partial charge in [0.05, 0.1) is 12.6 Å². The maximum absolute atomic E-state index is 11.8. The van der Waals surface area contributed by atoms with Crippen molar-refractivity contribution in [2.75, 3.05) is 7.11 Å². The molecule has 0 saturated heterocycles. The summed E-state index contributed by atoms with van der Waals surface area (Å²) in [6, 6.07) is 3.30. The number of fused-ring (bicyclic) bond motifs is 1. The van der Waals surface area contributed by atoms with Gasteiger partial charge in [-0.3, -0.25) is 19.0 Å². The first-order chi connectivity index (χ1) is 8.56. The molecule has 0 aliphatic rings. The Kier molecular flexibility index (Phi) is 2.97. The van der Waals surface area contributed by atoms with E-state index < -0.39 is 17.1 Å². The zero-order chi connectivity index (χ0) is 13.3. The molecule has 18 heavy (non-hydrogen) atoms. The van der Waals surface area contributed by atoms with Crippen molar-refractivity contribution in [3.05, 3.63) is 39.0 Å². The van der Waals surface area contributed by atoms with Crippen molar-refractivity contribution in [3.63, 3.8) is 0 Å². The number of hydrogen-bond acceptors (Lipinski definition) is 5. The van der Waals surface area contributed by atoms with Crippen LogP contribution in [0, 0.1) is 0 Å². The molecule has 0 unspecified atom stereocenters. The highest BCUT2D eigenvalue weighted by atomic mass is 16.5. The average molecular weight is 249 g/mol. The Morgan fingerprint density at radius 2 is 2.11 bits per heavy atom. The van der Waals surface area contributed by atoms with Crippen LogP contribution in [0.25, 0.3) is 11.2 Å². The number of hydrogen-bond donors (Lipinski definition) is 0. The molecule has 2 aromatic heterocycles. The molecule has 0 radical (unpaired) electrons. The van der Waals surface area contributed by atoms with Gasteiger partial charge in [-0.05, 0) is 12.1 Å². The molecule has 0 atom stereocenters. The summed E-state index contributed by atoms with van der Waals surface area (Å²) in [4.78, 5) is 38.8. The normalized spacial score (nSPS) is 10.6. The molecule has 2 heterocycles. The van der Waals surface area contributed by atoms with Crippen LogP contribution in [0.1, 0.15) is 0 Å². The number of aromatic nitrogens is 3. The Morgan fingerprint density at radius 1 is 1.39 bits per heavy atom. The van der Waals surface area contributed by atoms with E-state index in [4.69, 9.17) is 0 Å². The zero-order valence-corrected chi connectivity index (χ0v) is 9.91. The van der Waals surface area contributed by atoms with E-state index in [1.807, 2.05) is 0 Å². The quantitative estimate of drug-likeness (QED) is 0.517. The van der Waals surface area contributed by atoms with Crippen molar-refractivity contribution in [1.82, 2.24) is 14.1 Å². The van der Waals surface area contributed by atoms with Crippen LogP contribution < -0.4 is 11.1 Å². The maximum atomic E-state index is 11.8. The molecule has 94 valence electrons. The summed E-state index contributed by atoms with van der Waals surface area (Å²) < 4.78 is 6.72. The monoisotopic (exact) mass is 249 g/mol. The van der Waals surface area contributed by atoms with Crippen LogP contribution in [0.15, 0.2) is 27.9 Å². The minimum Gasteiger partial charge on any atom is -0.468 e. The number of carbonyl (C=O) groups is 1. The molecule has 0 saturated carbocycles. The lowest BCUT2D eigenvalue weighted by Crippen LogP contribution is -2.42. The SMILES string of the molecule is COC(=O)Cn1c(=O)c(=O)n(C)c2cccnc21. The lowest BCUT2D eigenvalue weighted by atomic mass is 10.4. The molecule has 2 rings (SSSR count). The minimum absolute atomic E-state index is 0.273. The molecule has 0 amide bonds. The van der Waals surface area contributed by atoms with Gasteiger partial charge in [0.1, 0.15) is 6.54 Å². The summed E-state index contributed by atoms with van der Waals surface area (Å²) in [7, 11) is 2.69. The van der Waals surface area contributed by atoms with Gasteiger partial charge in [0.2, 0.25) is 0 Å². The van der Waals surface area contributed by atoms with E-state index in [-0.39, 0.29) is 12.2 Å². The van der Waals surface area contributed by atoms with Crippen LogP contribution in [0.5, 0.6) is 0 Å². The fourth-order valence-electron chi connectivity index (χ4n) is 1.66. The second-order valence-electron chi connectivity index (χ2n) is 3.68. The van der Waals surface area contributed by atoms with Gasteiger partial charge >= 0.3 is 17.1 Å². The molecule has 0 fully saturated rings. The number of methoxy groups -OCH3 is 1. The molecule has 0 aliphatic carbocycles. The molecule has 2 aromatic rings. The standard InChI is InChI=1S/C11H11N3O4/c1-13-7-4-3-5-12-9(7)14(6-8(15)18-2)11(17)10(13)16/h3-5H,6H2,1-2H3. The highest BCUT2D eigenvalue weighted by Crippen LogP contribution is 2.05. The predicted octanol–water partition coefficient (Wildman–Crippen LogP) is -0.732. The molecule has 0 spiro atoms. The van der Waals surface area contributed by atoms with E-state index in [2.05, 4.69) is 9.72 Å². The largest absolute Gasteiger partial charge is 0.468 e. The van der Waals surface area contributed by atoms with E-state index in [1.165, 1.54) is 24.9 Å². The van der Waals surface area contributed by atoms with Crippen molar-refractivity contribution < 1.29 is 9.53 Å². The number of carbonyl (C=O) groups excluding carboxylic acids is 1. The lowest BCUT2D eigenvalue weighted by molar-refractivity contribution is -0.141. The van der Waals surface area contributed by atoms with Crippen molar-refractivity contribution >= 4 is 17.1 Å². The molecule has 0 bridgehead atoms. The van der Waals surface area contributed by atoms with Gasteiger partial charge < -0.3 is 9.30 Å². The van der Waals surface area contributed by atoms with Gasteiger partial charge in [0.15, 0.2) is 5.65 Å².